The minimum atomic E-state index is 0.00190. The van der Waals surface area contributed by atoms with Crippen molar-refractivity contribution >= 4 is 17.5 Å². The third kappa shape index (κ3) is 3.10. The minimum absolute atomic E-state index is 0.00190. The van der Waals surface area contributed by atoms with Gasteiger partial charge in [-0.2, -0.15) is 4.98 Å². The van der Waals surface area contributed by atoms with E-state index in [9.17, 15) is 5.11 Å². The van der Waals surface area contributed by atoms with E-state index in [-0.39, 0.29) is 11.3 Å². The molecule has 2 aromatic carbocycles. The van der Waals surface area contributed by atoms with Crippen LogP contribution in [0.2, 0.25) is 5.02 Å². The maximum atomic E-state index is 9.57. The molecular weight excluding hydrogens is 408 g/mol. The number of likely N-dealkylation sites (tertiary alicyclic amines) is 1. The molecule has 1 aromatic heterocycles. The van der Waals surface area contributed by atoms with E-state index in [0.717, 1.165) is 43.9 Å². The van der Waals surface area contributed by atoms with Crippen LogP contribution in [0.25, 0.3) is 0 Å². The van der Waals surface area contributed by atoms with Crippen molar-refractivity contribution in [1.29, 1.82) is 0 Å². The number of aromatic nitrogens is 2. The van der Waals surface area contributed by atoms with Crippen molar-refractivity contribution in [2.45, 2.75) is 36.6 Å². The Hall–Kier alpha value is -2.63. The van der Waals surface area contributed by atoms with E-state index in [1.165, 1.54) is 28.3 Å². The predicted octanol–water partition coefficient (Wildman–Crippen LogP) is 4.55. The molecule has 3 aromatic rings. The van der Waals surface area contributed by atoms with E-state index in [1.807, 2.05) is 6.07 Å². The fourth-order valence-electron chi connectivity index (χ4n) is 6.04. The van der Waals surface area contributed by atoms with Gasteiger partial charge in [-0.25, -0.2) is 4.98 Å². The van der Waals surface area contributed by atoms with Gasteiger partial charge in [0.1, 0.15) is 0 Å². The monoisotopic (exact) mass is 432 g/mol. The van der Waals surface area contributed by atoms with Crippen molar-refractivity contribution in [1.82, 2.24) is 14.9 Å². The normalized spacial score (nSPS) is 24.7. The van der Waals surface area contributed by atoms with Gasteiger partial charge in [0.05, 0.1) is 0 Å². The quantitative estimate of drug-likeness (QED) is 0.633. The second-order valence-electron chi connectivity index (χ2n) is 9.09. The standard InChI is InChI=1S/C25H25ClN4O/c26-16-5-6-19-20-14-25(22(19)13-16,21-4-2-1-3-18(20)21)15-30-11-8-17(9-12-30)28-24-27-10-7-23(31)29-24/h1-7,10,13,17,20H,8-9,11-12,14-15H2,(H2,27,28,29,31). The molecule has 2 bridgehead atoms. The van der Waals surface area contributed by atoms with Gasteiger partial charge in [-0.3, -0.25) is 0 Å². The first-order valence-corrected chi connectivity index (χ1v) is 11.4. The molecule has 2 aliphatic carbocycles. The van der Waals surface area contributed by atoms with Gasteiger partial charge < -0.3 is 15.3 Å². The third-order valence-corrected chi connectivity index (χ3v) is 7.60. The summed E-state index contributed by atoms with van der Waals surface area (Å²) in [4.78, 5) is 10.9. The molecule has 2 heterocycles. The summed E-state index contributed by atoms with van der Waals surface area (Å²) in [7, 11) is 0. The zero-order chi connectivity index (χ0) is 21.0. The Labute approximate surface area is 187 Å². The first kappa shape index (κ1) is 19.1. The summed E-state index contributed by atoms with van der Waals surface area (Å²) in [5.41, 5.74) is 5.91. The molecule has 2 unspecified atom stereocenters. The molecule has 31 heavy (non-hydrogen) atoms. The zero-order valence-corrected chi connectivity index (χ0v) is 18.0. The van der Waals surface area contributed by atoms with Crippen LogP contribution in [0, 0.1) is 0 Å². The van der Waals surface area contributed by atoms with Crippen molar-refractivity contribution in [2.24, 2.45) is 0 Å². The molecule has 6 heteroatoms. The Balaban J connectivity index is 1.23. The van der Waals surface area contributed by atoms with Crippen LogP contribution in [0.5, 0.6) is 5.88 Å². The first-order valence-electron chi connectivity index (χ1n) is 11.0. The number of aromatic hydroxyl groups is 1. The Morgan fingerprint density at radius 1 is 1.06 bits per heavy atom. The van der Waals surface area contributed by atoms with Gasteiger partial charge in [-0.15, -0.1) is 0 Å². The Morgan fingerprint density at radius 3 is 2.71 bits per heavy atom. The van der Waals surface area contributed by atoms with Crippen molar-refractivity contribution in [2.75, 3.05) is 25.0 Å². The average molecular weight is 433 g/mol. The molecule has 158 valence electrons. The molecule has 0 radical (unpaired) electrons. The molecule has 2 N–H and O–H groups in total. The molecule has 6 rings (SSSR count). The zero-order valence-electron chi connectivity index (χ0n) is 17.3. The molecule has 1 saturated heterocycles. The minimum Gasteiger partial charge on any atom is -0.493 e. The van der Waals surface area contributed by atoms with Gasteiger partial charge in [-0.1, -0.05) is 41.9 Å². The van der Waals surface area contributed by atoms with Crippen molar-refractivity contribution in [3.8, 4) is 5.88 Å². The van der Waals surface area contributed by atoms with Gasteiger partial charge in [0.15, 0.2) is 0 Å². The summed E-state index contributed by atoms with van der Waals surface area (Å²) in [6.45, 7) is 3.09. The highest BCUT2D eigenvalue weighted by Crippen LogP contribution is 2.60. The summed E-state index contributed by atoms with van der Waals surface area (Å²) in [6, 6.07) is 17.3. The van der Waals surface area contributed by atoms with Crippen molar-refractivity contribution < 1.29 is 5.11 Å². The second-order valence-corrected chi connectivity index (χ2v) is 9.53. The van der Waals surface area contributed by atoms with E-state index in [4.69, 9.17) is 11.6 Å². The molecule has 5 nitrogen and oxygen atoms in total. The molecule has 1 aliphatic heterocycles. The lowest BCUT2D eigenvalue weighted by molar-refractivity contribution is 0.185. The SMILES string of the molecule is Oc1ccnc(NC2CCN(CC34CC(c5ccccc53)c3ccc(Cl)cc34)CC2)n1. The Bertz CT molecular complexity index is 1140. The van der Waals surface area contributed by atoms with E-state index < -0.39 is 0 Å². The second kappa shape index (κ2) is 7.21. The van der Waals surface area contributed by atoms with Crippen LogP contribution in [0.15, 0.2) is 54.7 Å². The highest BCUT2D eigenvalue weighted by Gasteiger charge is 2.53. The van der Waals surface area contributed by atoms with Gasteiger partial charge in [0.2, 0.25) is 11.8 Å². The van der Waals surface area contributed by atoms with Crippen LogP contribution in [0.1, 0.15) is 47.4 Å². The number of halogens is 1. The lowest BCUT2D eigenvalue weighted by Crippen LogP contribution is -2.46. The topological polar surface area (TPSA) is 61.3 Å². The molecule has 0 spiro atoms. The van der Waals surface area contributed by atoms with Crippen LogP contribution in [-0.4, -0.2) is 45.7 Å². The first-order chi connectivity index (χ1) is 15.1. The fourth-order valence-corrected chi connectivity index (χ4v) is 6.21. The number of nitrogens with one attached hydrogen (secondary N) is 1. The van der Waals surface area contributed by atoms with Crippen LogP contribution < -0.4 is 5.32 Å². The van der Waals surface area contributed by atoms with Crippen molar-refractivity contribution in [3.05, 3.63) is 82.0 Å². The number of benzene rings is 2. The Morgan fingerprint density at radius 2 is 1.87 bits per heavy atom. The lowest BCUT2D eigenvalue weighted by atomic mass is 9.74. The molecule has 0 saturated carbocycles. The number of hydrogen-bond acceptors (Lipinski definition) is 5. The molecule has 2 atom stereocenters. The van der Waals surface area contributed by atoms with Gasteiger partial charge >= 0.3 is 0 Å². The van der Waals surface area contributed by atoms with Gasteiger partial charge in [0.25, 0.3) is 0 Å². The number of nitrogens with zero attached hydrogens (tertiary/aromatic N) is 3. The van der Waals surface area contributed by atoms with E-state index in [1.54, 1.807) is 6.20 Å². The van der Waals surface area contributed by atoms with E-state index >= 15 is 0 Å². The molecule has 3 aliphatic rings. The molecule has 1 fully saturated rings. The number of anilines is 1. The predicted molar refractivity (Wildman–Crippen MR) is 122 cm³/mol. The van der Waals surface area contributed by atoms with Crippen molar-refractivity contribution in [3.63, 3.8) is 0 Å². The summed E-state index contributed by atoms with van der Waals surface area (Å²) >= 11 is 6.45. The number of fused-ring (bicyclic) bond motifs is 8. The molecule has 0 amide bonds. The lowest BCUT2D eigenvalue weighted by Gasteiger charge is -2.40. The molecular formula is C25H25ClN4O. The largest absolute Gasteiger partial charge is 0.493 e. The number of rotatable bonds is 4. The smallest absolute Gasteiger partial charge is 0.226 e. The highest BCUT2D eigenvalue weighted by atomic mass is 35.5. The third-order valence-electron chi connectivity index (χ3n) is 7.37. The maximum Gasteiger partial charge on any atom is 0.226 e. The van der Waals surface area contributed by atoms with Gasteiger partial charge in [-0.05, 0) is 53.6 Å². The van der Waals surface area contributed by atoms with E-state index in [2.05, 4.69) is 56.6 Å². The number of hydrogen-bond donors (Lipinski definition) is 2. The number of piperidine rings is 1. The van der Waals surface area contributed by atoms with Gasteiger partial charge in [0, 0.05) is 54.3 Å². The summed E-state index contributed by atoms with van der Waals surface area (Å²) in [6.07, 6.45) is 4.79. The van der Waals surface area contributed by atoms with Crippen LogP contribution >= 0.6 is 11.6 Å². The van der Waals surface area contributed by atoms with Crippen LogP contribution in [-0.2, 0) is 5.41 Å². The maximum absolute atomic E-state index is 9.57. The van der Waals surface area contributed by atoms with Crippen LogP contribution in [0.4, 0.5) is 5.95 Å². The summed E-state index contributed by atoms with van der Waals surface area (Å²) < 4.78 is 0. The van der Waals surface area contributed by atoms with Crippen LogP contribution in [0.3, 0.4) is 0 Å². The summed E-state index contributed by atoms with van der Waals surface area (Å²) in [5.74, 6) is 0.997. The Kier molecular flexibility index (Phi) is 4.44. The summed E-state index contributed by atoms with van der Waals surface area (Å²) in [5, 5.41) is 13.8. The fraction of sp³-hybridized carbons (Fsp3) is 0.360. The highest BCUT2D eigenvalue weighted by molar-refractivity contribution is 6.30. The average Bonchev–Trinajstić information content (AvgIpc) is 3.27. The van der Waals surface area contributed by atoms with E-state index in [0.29, 0.717) is 17.9 Å².